The fraction of sp³-hybridized carbons (Fsp3) is 0.0476. The van der Waals surface area contributed by atoms with E-state index in [4.69, 9.17) is 23.2 Å². The van der Waals surface area contributed by atoms with Gasteiger partial charge in [-0.1, -0.05) is 47.5 Å². The Balaban J connectivity index is 1.72. The van der Waals surface area contributed by atoms with Gasteiger partial charge in [0.15, 0.2) is 0 Å². The summed E-state index contributed by atoms with van der Waals surface area (Å²) in [5, 5.41) is 19.6. The van der Waals surface area contributed by atoms with Crippen molar-refractivity contribution >= 4 is 40.4 Å². The molecule has 0 amide bonds. The van der Waals surface area contributed by atoms with Gasteiger partial charge in [-0.25, -0.2) is 4.98 Å². The molecule has 2 aromatic carbocycles. The van der Waals surface area contributed by atoms with Crippen molar-refractivity contribution in [3.63, 3.8) is 0 Å². The minimum atomic E-state index is -0.443. The fourth-order valence-corrected chi connectivity index (χ4v) is 3.54. The number of pyridine rings is 1. The van der Waals surface area contributed by atoms with Crippen molar-refractivity contribution in [3.8, 4) is 22.3 Å². The van der Waals surface area contributed by atoms with Gasteiger partial charge in [-0.3, -0.25) is 14.8 Å². The number of aryl methyl sites for hydroxylation is 1. The number of hydrogen-bond donors (Lipinski definition) is 1. The summed E-state index contributed by atoms with van der Waals surface area (Å²) in [7, 11) is 1.79. The first-order chi connectivity index (χ1) is 14.4. The van der Waals surface area contributed by atoms with Crippen LogP contribution >= 0.6 is 23.2 Å². The van der Waals surface area contributed by atoms with Crippen molar-refractivity contribution in [3.05, 3.63) is 87.3 Å². The van der Waals surface area contributed by atoms with E-state index in [2.05, 4.69) is 15.4 Å². The van der Waals surface area contributed by atoms with E-state index in [9.17, 15) is 10.1 Å². The molecule has 0 spiro atoms. The Morgan fingerprint density at radius 3 is 2.53 bits per heavy atom. The highest BCUT2D eigenvalue weighted by Crippen LogP contribution is 2.35. The van der Waals surface area contributed by atoms with Gasteiger partial charge < -0.3 is 5.32 Å². The summed E-state index contributed by atoms with van der Waals surface area (Å²) < 4.78 is 1.64. The SMILES string of the molecule is Cn1cc(-c2ccc(Nc3cc(-c4ccccc4Cl)cc(Cl)n3)c([N+](=O)[O-])c2)cn1. The maximum Gasteiger partial charge on any atom is 0.293 e. The molecule has 30 heavy (non-hydrogen) atoms. The van der Waals surface area contributed by atoms with E-state index >= 15 is 0 Å². The lowest BCUT2D eigenvalue weighted by Crippen LogP contribution is -1.99. The van der Waals surface area contributed by atoms with Crippen molar-refractivity contribution in [1.29, 1.82) is 0 Å². The third-order valence-corrected chi connectivity index (χ3v) is 5.00. The summed E-state index contributed by atoms with van der Waals surface area (Å²) in [6.07, 6.45) is 3.45. The first-order valence-corrected chi connectivity index (χ1v) is 9.63. The molecule has 9 heteroatoms. The van der Waals surface area contributed by atoms with Crippen LogP contribution in [0.2, 0.25) is 10.2 Å². The number of anilines is 2. The Kier molecular flexibility index (Phi) is 5.39. The third-order valence-electron chi connectivity index (χ3n) is 4.47. The number of hydrogen-bond acceptors (Lipinski definition) is 5. The molecule has 0 atom stereocenters. The first-order valence-electron chi connectivity index (χ1n) is 8.87. The zero-order valence-corrected chi connectivity index (χ0v) is 17.2. The van der Waals surface area contributed by atoms with E-state index in [1.165, 1.54) is 6.07 Å². The van der Waals surface area contributed by atoms with Gasteiger partial charge in [0.1, 0.15) is 16.7 Å². The van der Waals surface area contributed by atoms with E-state index in [1.54, 1.807) is 54.5 Å². The van der Waals surface area contributed by atoms with Gasteiger partial charge >= 0.3 is 0 Å². The van der Waals surface area contributed by atoms with Crippen molar-refractivity contribution < 1.29 is 4.92 Å². The van der Waals surface area contributed by atoms with Gasteiger partial charge in [0.2, 0.25) is 0 Å². The first kappa shape index (κ1) is 19.9. The van der Waals surface area contributed by atoms with Gasteiger partial charge in [-0.2, -0.15) is 5.10 Å². The molecule has 0 aliphatic rings. The van der Waals surface area contributed by atoms with E-state index in [0.29, 0.717) is 22.1 Å². The lowest BCUT2D eigenvalue weighted by molar-refractivity contribution is -0.383. The lowest BCUT2D eigenvalue weighted by atomic mass is 10.1. The standard InChI is InChI=1S/C21H15Cl2N5O2/c1-27-12-15(11-24-27)13-6-7-18(19(8-13)28(29)30)25-21-10-14(9-20(23)26-21)16-4-2-3-5-17(16)22/h2-12H,1H3,(H,25,26). The second-order valence-corrected chi connectivity index (χ2v) is 7.35. The molecule has 0 bridgehead atoms. The molecule has 0 fully saturated rings. The highest BCUT2D eigenvalue weighted by Gasteiger charge is 2.17. The summed E-state index contributed by atoms with van der Waals surface area (Å²) in [6, 6.07) is 15.7. The van der Waals surface area contributed by atoms with Crippen LogP contribution in [-0.4, -0.2) is 19.7 Å². The van der Waals surface area contributed by atoms with Gasteiger partial charge in [0.05, 0.1) is 11.1 Å². The molecule has 2 aromatic heterocycles. The second kappa shape index (κ2) is 8.14. The maximum atomic E-state index is 11.7. The fourth-order valence-electron chi connectivity index (χ4n) is 3.09. The van der Waals surface area contributed by atoms with E-state index in [0.717, 1.165) is 16.7 Å². The van der Waals surface area contributed by atoms with Gasteiger partial charge in [-0.15, -0.1) is 0 Å². The molecule has 0 aliphatic carbocycles. The zero-order valence-electron chi connectivity index (χ0n) is 15.7. The van der Waals surface area contributed by atoms with Crippen LogP contribution in [0.5, 0.6) is 0 Å². The summed E-state index contributed by atoms with van der Waals surface area (Å²) in [6.45, 7) is 0. The molecule has 150 valence electrons. The Bertz CT molecular complexity index is 1260. The number of halogens is 2. The lowest BCUT2D eigenvalue weighted by Gasteiger charge is -2.11. The number of aromatic nitrogens is 3. The predicted octanol–water partition coefficient (Wildman–Crippen LogP) is 6.11. The Morgan fingerprint density at radius 2 is 1.83 bits per heavy atom. The summed E-state index contributed by atoms with van der Waals surface area (Å²) in [5.74, 6) is 0.370. The van der Waals surface area contributed by atoms with Crippen molar-refractivity contribution in [1.82, 2.24) is 14.8 Å². The van der Waals surface area contributed by atoms with Gasteiger partial charge in [-0.05, 0) is 35.4 Å². The summed E-state index contributed by atoms with van der Waals surface area (Å²) >= 11 is 12.5. The average Bonchev–Trinajstić information content (AvgIpc) is 3.14. The number of nitro groups is 1. The van der Waals surface area contributed by atoms with Crippen molar-refractivity contribution in [2.45, 2.75) is 0 Å². The highest BCUT2D eigenvalue weighted by atomic mass is 35.5. The molecule has 7 nitrogen and oxygen atoms in total. The molecule has 0 radical (unpaired) electrons. The number of nitrogens with one attached hydrogen (secondary N) is 1. The molecule has 0 saturated carbocycles. The van der Waals surface area contributed by atoms with Crippen LogP contribution < -0.4 is 5.32 Å². The normalized spacial score (nSPS) is 10.8. The number of nitrogens with zero attached hydrogens (tertiary/aromatic N) is 4. The minimum Gasteiger partial charge on any atom is -0.335 e. The van der Waals surface area contributed by atoms with E-state index in [-0.39, 0.29) is 10.8 Å². The quantitative estimate of drug-likeness (QED) is 0.230. The predicted molar refractivity (Wildman–Crippen MR) is 118 cm³/mol. The molecule has 1 N–H and O–H groups in total. The molecular weight excluding hydrogens is 425 g/mol. The summed E-state index contributed by atoms with van der Waals surface area (Å²) in [4.78, 5) is 15.5. The molecule has 4 rings (SSSR count). The smallest absolute Gasteiger partial charge is 0.293 e. The minimum absolute atomic E-state index is 0.0857. The molecule has 2 heterocycles. The molecule has 0 saturated heterocycles. The number of rotatable bonds is 5. The van der Waals surface area contributed by atoms with Gasteiger partial charge in [0.25, 0.3) is 5.69 Å². The molecular formula is C21H15Cl2N5O2. The van der Waals surface area contributed by atoms with Crippen LogP contribution in [0.3, 0.4) is 0 Å². The Labute approximate surface area is 182 Å². The second-order valence-electron chi connectivity index (χ2n) is 6.56. The van der Waals surface area contributed by atoms with Crippen molar-refractivity contribution in [2.24, 2.45) is 7.05 Å². The van der Waals surface area contributed by atoms with Crippen molar-refractivity contribution in [2.75, 3.05) is 5.32 Å². The monoisotopic (exact) mass is 439 g/mol. The molecule has 4 aromatic rings. The van der Waals surface area contributed by atoms with Gasteiger partial charge in [0, 0.05) is 35.5 Å². The Morgan fingerprint density at radius 1 is 1.03 bits per heavy atom. The van der Waals surface area contributed by atoms with E-state index in [1.807, 2.05) is 18.2 Å². The van der Waals surface area contributed by atoms with E-state index < -0.39 is 4.92 Å². The topological polar surface area (TPSA) is 85.9 Å². The summed E-state index contributed by atoms with van der Waals surface area (Å²) in [5.41, 5.74) is 3.22. The van der Waals surface area contributed by atoms with Crippen LogP contribution in [0.1, 0.15) is 0 Å². The van der Waals surface area contributed by atoms with Crippen LogP contribution in [0.4, 0.5) is 17.2 Å². The van der Waals surface area contributed by atoms with Crippen LogP contribution in [0.25, 0.3) is 22.3 Å². The zero-order chi connectivity index (χ0) is 21.3. The average molecular weight is 440 g/mol. The highest BCUT2D eigenvalue weighted by molar-refractivity contribution is 6.33. The van der Waals surface area contributed by atoms with Crippen LogP contribution in [0.15, 0.2) is 67.0 Å². The number of benzene rings is 2. The molecule has 0 unspecified atom stereocenters. The maximum absolute atomic E-state index is 11.7. The van der Waals surface area contributed by atoms with Crippen LogP contribution in [0, 0.1) is 10.1 Å². The largest absolute Gasteiger partial charge is 0.335 e. The molecule has 0 aliphatic heterocycles. The van der Waals surface area contributed by atoms with Crippen LogP contribution in [-0.2, 0) is 7.05 Å². The third kappa shape index (κ3) is 4.12. The number of nitro benzene ring substituents is 1. The Hall–Kier alpha value is -3.42.